The fourth-order valence-electron chi connectivity index (χ4n) is 1.64. The quantitative estimate of drug-likeness (QED) is 0.751. The molecule has 84 valence electrons. The monoisotopic (exact) mass is 225 g/mol. The van der Waals surface area contributed by atoms with Gasteiger partial charge >= 0.3 is 0 Å². The molecule has 2 rings (SSSR count). The lowest BCUT2D eigenvalue weighted by atomic mass is 10.1. The molecule has 1 heterocycles. The van der Waals surface area contributed by atoms with Crippen molar-refractivity contribution >= 4 is 5.78 Å². The topological polar surface area (TPSA) is 58.7 Å². The van der Waals surface area contributed by atoms with Gasteiger partial charge in [0.2, 0.25) is 5.78 Å². The largest absolute Gasteiger partial charge is 0.328 e. The molecule has 0 atom stereocenters. The summed E-state index contributed by atoms with van der Waals surface area (Å²) < 4.78 is 1.78. The molecular formula is C13H11N3O. The van der Waals surface area contributed by atoms with E-state index in [1.54, 1.807) is 41.4 Å². The van der Waals surface area contributed by atoms with E-state index in [0.717, 1.165) is 0 Å². The van der Waals surface area contributed by atoms with Gasteiger partial charge in [-0.15, -0.1) is 0 Å². The van der Waals surface area contributed by atoms with Crippen LogP contribution in [0.1, 0.15) is 28.5 Å². The van der Waals surface area contributed by atoms with Crippen molar-refractivity contribution in [2.24, 2.45) is 0 Å². The lowest BCUT2D eigenvalue weighted by Gasteiger charge is -2.04. The van der Waals surface area contributed by atoms with E-state index in [0.29, 0.717) is 23.4 Å². The molecular weight excluding hydrogens is 214 g/mol. The molecule has 0 amide bonds. The first-order valence-electron chi connectivity index (χ1n) is 5.31. The van der Waals surface area contributed by atoms with Gasteiger partial charge < -0.3 is 4.57 Å². The zero-order valence-corrected chi connectivity index (χ0v) is 9.42. The number of carbonyl (C=O) groups excluding carboxylic acids is 1. The third-order valence-electron chi connectivity index (χ3n) is 2.54. The van der Waals surface area contributed by atoms with Gasteiger partial charge in [-0.3, -0.25) is 4.79 Å². The summed E-state index contributed by atoms with van der Waals surface area (Å²) in [4.78, 5) is 16.1. The van der Waals surface area contributed by atoms with E-state index in [4.69, 9.17) is 5.26 Å². The molecule has 2 aromatic rings. The Hall–Kier alpha value is -2.41. The maximum atomic E-state index is 12.2. The summed E-state index contributed by atoms with van der Waals surface area (Å²) in [6.45, 7) is 2.64. The van der Waals surface area contributed by atoms with Crippen molar-refractivity contribution in [3.05, 3.63) is 53.6 Å². The van der Waals surface area contributed by atoms with Crippen LogP contribution in [0.3, 0.4) is 0 Å². The third kappa shape index (κ3) is 2.08. The lowest BCUT2D eigenvalue weighted by molar-refractivity contribution is 0.103. The molecule has 0 bridgehead atoms. The Kier molecular flexibility index (Phi) is 3.01. The normalized spacial score (nSPS) is 9.88. The Balaban J connectivity index is 2.41. The van der Waals surface area contributed by atoms with Crippen molar-refractivity contribution in [1.29, 1.82) is 5.26 Å². The van der Waals surface area contributed by atoms with Gasteiger partial charge in [-0.1, -0.05) is 12.1 Å². The first-order valence-corrected chi connectivity index (χ1v) is 5.31. The highest BCUT2D eigenvalue weighted by Gasteiger charge is 2.13. The predicted molar refractivity (Wildman–Crippen MR) is 62.5 cm³/mol. The Labute approximate surface area is 99.1 Å². The van der Waals surface area contributed by atoms with Gasteiger partial charge in [0.15, 0.2) is 0 Å². The summed E-state index contributed by atoms with van der Waals surface area (Å²) >= 11 is 0. The second kappa shape index (κ2) is 4.62. The molecule has 0 spiro atoms. The van der Waals surface area contributed by atoms with Crippen molar-refractivity contribution in [3.8, 4) is 6.07 Å². The van der Waals surface area contributed by atoms with Gasteiger partial charge in [-0.2, -0.15) is 5.26 Å². The molecule has 0 saturated heterocycles. The number of hydrogen-bond donors (Lipinski definition) is 0. The van der Waals surface area contributed by atoms with Crippen molar-refractivity contribution in [2.45, 2.75) is 13.5 Å². The number of nitrogens with zero attached hydrogens (tertiary/aromatic N) is 3. The zero-order chi connectivity index (χ0) is 12.3. The van der Waals surface area contributed by atoms with E-state index < -0.39 is 0 Å². The first kappa shape index (κ1) is 11.1. The van der Waals surface area contributed by atoms with Crippen LogP contribution < -0.4 is 0 Å². The van der Waals surface area contributed by atoms with Crippen LogP contribution in [-0.4, -0.2) is 15.3 Å². The number of aryl methyl sites for hydroxylation is 1. The van der Waals surface area contributed by atoms with E-state index in [1.165, 1.54) is 0 Å². The van der Waals surface area contributed by atoms with Crippen LogP contribution in [0.25, 0.3) is 0 Å². The van der Waals surface area contributed by atoms with Crippen LogP contribution in [0.4, 0.5) is 0 Å². The third-order valence-corrected chi connectivity index (χ3v) is 2.54. The Morgan fingerprint density at radius 2 is 2.35 bits per heavy atom. The number of rotatable bonds is 3. The highest BCUT2D eigenvalue weighted by atomic mass is 16.1. The molecule has 0 aliphatic carbocycles. The lowest BCUT2D eigenvalue weighted by Crippen LogP contribution is -2.08. The summed E-state index contributed by atoms with van der Waals surface area (Å²) in [5.41, 5.74) is 1.54. The van der Waals surface area contributed by atoms with Gasteiger partial charge in [-0.25, -0.2) is 4.98 Å². The maximum Gasteiger partial charge on any atom is 0.211 e. The second-order valence-corrected chi connectivity index (χ2v) is 3.59. The number of aromatic nitrogens is 2. The number of ketones is 1. The number of nitriles is 1. The minimum Gasteiger partial charge on any atom is -0.328 e. The molecule has 0 aliphatic heterocycles. The second-order valence-electron chi connectivity index (χ2n) is 3.59. The van der Waals surface area contributed by atoms with Crippen molar-refractivity contribution in [2.75, 3.05) is 0 Å². The number of benzene rings is 1. The molecule has 0 N–H and O–H groups in total. The number of carbonyl (C=O) groups is 1. The Bertz CT molecular complexity index is 593. The van der Waals surface area contributed by atoms with Crippen LogP contribution in [0.15, 0.2) is 36.8 Å². The molecule has 0 saturated carbocycles. The molecule has 4 nitrogen and oxygen atoms in total. The van der Waals surface area contributed by atoms with Crippen molar-refractivity contribution < 1.29 is 4.79 Å². The fourth-order valence-corrected chi connectivity index (χ4v) is 1.64. The minimum atomic E-state index is -0.110. The summed E-state index contributed by atoms with van der Waals surface area (Å²) in [5.74, 6) is -0.110. The molecule has 0 unspecified atom stereocenters. The predicted octanol–water partition coefficient (Wildman–Crippen LogP) is 2.01. The molecule has 1 aromatic carbocycles. The van der Waals surface area contributed by atoms with Crippen LogP contribution in [-0.2, 0) is 6.54 Å². The van der Waals surface area contributed by atoms with Crippen molar-refractivity contribution in [3.63, 3.8) is 0 Å². The van der Waals surface area contributed by atoms with Gasteiger partial charge in [0.1, 0.15) is 5.69 Å². The van der Waals surface area contributed by atoms with Crippen LogP contribution >= 0.6 is 0 Å². The summed E-state index contributed by atoms with van der Waals surface area (Å²) in [6, 6.07) is 8.70. The number of imidazole rings is 1. The first-order chi connectivity index (χ1) is 8.26. The minimum absolute atomic E-state index is 0.110. The number of hydrogen-bond acceptors (Lipinski definition) is 3. The van der Waals surface area contributed by atoms with Crippen LogP contribution in [0.5, 0.6) is 0 Å². The van der Waals surface area contributed by atoms with E-state index in [2.05, 4.69) is 4.98 Å². The summed E-state index contributed by atoms with van der Waals surface area (Å²) in [7, 11) is 0. The molecule has 0 radical (unpaired) electrons. The van der Waals surface area contributed by atoms with Gasteiger partial charge in [0.05, 0.1) is 24.2 Å². The average Bonchev–Trinajstić information content (AvgIpc) is 2.86. The van der Waals surface area contributed by atoms with E-state index in [-0.39, 0.29) is 5.78 Å². The van der Waals surface area contributed by atoms with E-state index in [1.807, 2.05) is 13.0 Å². The fraction of sp³-hybridized carbons (Fsp3) is 0.154. The van der Waals surface area contributed by atoms with Crippen LogP contribution in [0.2, 0.25) is 0 Å². The van der Waals surface area contributed by atoms with Crippen LogP contribution in [0, 0.1) is 11.3 Å². The van der Waals surface area contributed by atoms with Gasteiger partial charge in [0, 0.05) is 12.1 Å². The van der Waals surface area contributed by atoms with Gasteiger partial charge in [-0.05, 0) is 19.1 Å². The van der Waals surface area contributed by atoms with E-state index in [9.17, 15) is 4.79 Å². The molecule has 17 heavy (non-hydrogen) atoms. The zero-order valence-electron chi connectivity index (χ0n) is 9.42. The standard InChI is InChI=1S/C13H11N3O/c1-2-16-9-15-8-12(16)13(17)11-5-3-4-10(6-11)7-14/h3-6,8-9H,2H2,1H3. The summed E-state index contributed by atoms with van der Waals surface area (Å²) in [6.07, 6.45) is 3.17. The van der Waals surface area contributed by atoms with Crippen molar-refractivity contribution in [1.82, 2.24) is 9.55 Å². The van der Waals surface area contributed by atoms with E-state index >= 15 is 0 Å². The highest BCUT2D eigenvalue weighted by Crippen LogP contribution is 2.11. The smallest absolute Gasteiger partial charge is 0.211 e. The molecule has 0 fully saturated rings. The highest BCUT2D eigenvalue weighted by molar-refractivity contribution is 6.07. The molecule has 0 aliphatic rings. The average molecular weight is 225 g/mol. The molecule has 4 heteroatoms. The SMILES string of the molecule is CCn1cncc1C(=O)c1cccc(C#N)c1. The Morgan fingerprint density at radius 1 is 1.53 bits per heavy atom. The Morgan fingerprint density at radius 3 is 3.06 bits per heavy atom. The summed E-state index contributed by atoms with van der Waals surface area (Å²) in [5, 5.41) is 8.80. The van der Waals surface area contributed by atoms with Gasteiger partial charge in [0.25, 0.3) is 0 Å². The molecule has 1 aromatic heterocycles. The maximum absolute atomic E-state index is 12.2.